The van der Waals surface area contributed by atoms with Gasteiger partial charge in [-0.1, -0.05) is 29.3 Å². The zero-order valence-electron chi connectivity index (χ0n) is 19.7. The standard InChI is InChI=1S/C25H21Cl2N7O2/c1-4-34-9-8-20(32-34)36-23-14(2)10-16(13-28-23)30-25-29-12-15-11-17(24(35)33(3)22(15)31-25)21-18(26)6-5-7-19(21)27/h5-13H,4H2,1-3H3,(H,29,30,31). The second-order valence-corrected chi connectivity index (χ2v) is 8.89. The molecule has 0 amide bonds. The van der Waals surface area contributed by atoms with Gasteiger partial charge in [-0.05, 0) is 38.1 Å². The summed E-state index contributed by atoms with van der Waals surface area (Å²) in [7, 11) is 1.65. The molecule has 9 nitrogen and oxygen atoms in total. The van der Waals surface area contributed by atoms with Crippen molar-refractivity contribution in [3.63, 3.8) is 0 Å². The van der Waals surface area contributed by atoms with Crippen LogP contribution in [0.2, 0.25) is 10.0 Å². The highest BCUT2D eigenvalue weighted by Crippen LogP contribution is 2.34. The number of hydrogen-bond acceptors (Lipinski definition) is 7. The van der Waals surface area contributed by atoms with Crippen molar-refractivity contribution in [3.8, 4) is 22.9 Å². The first-order chi connectivity index (χ1) is 17.3. The molecule has 0 aliphatic carbocycles. The van der Waals surface area contributed by atoms with Crippen LogP contribution >= 0.6 is 23.2 Å². The lowest BCUT2D eigenvalue weighted by Gasteiger charge is -2.12. The van der Waals surface area contributed by atoms with Crippen molar-refractivity contribution >= 4 is 45.9 Å². The fourth-order valence-corrected chi connectivity index (χ4v) is 4.38. The first-order valence-corrected chi connectivity index (χ1v) is 11.9. The molecule has 5 aromatic rings. The van der Waals surface area contributed by atoms with Crippen LogP contribution in [0.3, 0.4) is 0 Å². The first-order valence-electron chi connectivity index (χ1n) is 11.1. The maximum Gasteiger partial charge on any atom is 0.259 e. The Morgan fingerprint density at radius 1 is 1.08 bits per heavy atom. The van der Waals surface area contributed by atoms with E-state index in [-0.39, 0.29) is 5.56 Å². The summed E-state index contributed by atoms with van der Waals surface area (Å²) < 4.78 is 9.02. The minimum Gasteiger partial charge on any atom is -0.419 e. The van der Waals surface area contributed by atoms with E-state index in [1.165, 1.54) is 4.57 Å². The summed E-state index contributed by atoms with van der Waals surface area (Å²) in [5.74, 6) is 1.25. The number of halogens is 2. The smallest absolute Gasteiger partial charge is 0.259 e. The van der Waals surface area contributed by atoms with Crippen molar-refractivity contribution in [2.24, 2.45) is 7.05 Å². The van der Waals surface area contributed by atoms with Gasteiger partial charge in [-0.2, -0.15) is 4.98 Å². The normalized spacial score (nSPS) is 11.1. The summed E-state index contributed by atoms with van der Waals surface area (Å²) in [6.45, 7) is 4.64. The van der Waals surface area contributed by atoms with Crippen LogP contribution in [0.25, 0.3) is 22.2 Å². The Hall–Kier alpha value is -3.95. The molecule has 0 saturated carbocycles. The van der Waals surface area contributed by atoms with Crippen LogP contribution in [0, 0.1) is 6.92 Å². The molecule has 1 aromatic carbocycles. The molecule has 0 atom stereocenters. The zero-order chi connectivity index (χ0) is 25.4. The van der Waals surface area contributed by atoms with Gasteiger partial charge < -0.3 is 10.1 Å². The lowest BCUT2D eigenvalue weighted by atomic mass is 10.1. The molecule has 4 aromatic heterocycles. The predicted octanol–water partition coefficient (Wildman–Crippen LogP) is 5.76. The third-order valence-corrected chi connectivity index (χ3v) is 6.24. The summed E-state index contributed by atoms with van der Waals surface area (Å²) in [6, 6.07) is 10.5. The summed E-state index contributed by atoms with van der Waals surface area (Å²) in [5.41, 5.74) is 2.52. The number of ether oxygens (including phenoxy) is 1. The van der Waals surface area contributed by atoms with Crippen LogP contribution in [-0.4, -0.2) is 29.3 Å². The van der Waals surface area contributed by atoms with Gasteiger partial charge in [0.15, 0.2) is 0 Å². The predicted molar refractivity (Wildman–Crippen MR) is 140 cm³/mol. The first kappa shape index (κ1) is 23.8. The highest BCUT2D eigenvalue weighted by Gasteiger charge is 2.16. The van der Waals surface area contributed by atoms with Crippen LogP contribution in [-0.2, 0) is 13.6 Å². The Labute approximate surface area is 216 Å². The van der Waals surface area contributed by atoms with E-state index in [1.54, 1.807) is 54.5 Å². The highest BCUT2D eigenvalue weighted by atomic mass is 35.5. The van der Waals surface area contributed by atoms with Crippen molar-refractivity contribution in [1.29, 1.82) is 0 Å². The Bertz CT molecular complexity index is 1640. The van der Waals surface area contributed by atoms with Crippen LogP contribution in [0.1, 0.15) is 12.5 Å². The van der Waals surface area contributed by atoms with Gasteiger partial charge in [0.1, 0.15) is 5.65 Å². The number of aryl methyl sites for hydroxylation is 3. The molecular weight excluding hydrogens is 501 g/mol. The number of rotatable bonds is 6. The van der Waals surface area contributed by atoms with Gasteiger partial charge in [-0.3, -0.25) is 14.0 Å². The lowest BCUT2D eigenvalue weighted by molar-refractivity contribution is 0.430. The van der Waals surface area contributed by atoms with Crippen molar-refractivity contribution in [2.45, 2.75) is 20.4 Å². The molecule has 182 valence electrons. The SMILES string of the molecule is CCn1ccc(Oc2ncc(Nc3ncc4cc(-c5c(Cl)cccc5Cl)c(=O)n(C)c4n3)cc2C)n1. The second-order valence-electron chi connectivity index (χ2n) is 8.07. The van der Waals surface area contributed by atoms with E-state index in [0.717, 1.165) is 12.1 Å². The minimum atomic E-state index is -0.272. The van der Waals surface area contributed by atoms with Gasteiger partial charge in [0, 0.05) is 48.6 Å². The number of aromatic nitrogens is 6. The molecule has 0 radical (unpaired) electrons. The monoisotopic (exact) mass is 521 g/mol. The van der Waals surface area contributed by atoms with Crippen molar-refractivity contribution in [1.82, 2.24) is 29.3 Å². The lowest BCUT2D eigenvalue weighted by Crippen LogP contribution is -2.20. The average Bonchev–Trinajstić information content (AvgIpc) is 3.32. The molecule has 11 heteroatoms. The fraction of sp³-hybridized carbons (Fsp3) is 0.160. The zero-order valence-corrected chi connectivity index (χ0v) is 21.2. The summed E-state index contributed by atoms with van der Waals surface area (Å²) >= 11 is 12.7. The highest BCUT2D eigenvalue weighted by molar-refractivity contribution is 6.39. The molecule has 5 rings (SSSR count). The van der Waals surface area contributed by atoms with Crippen molar-refractivity contribution in [3.05, 3.63) is 81.0 Å². The molecule has 0 fully saturated rings. The molecule has 4 heterocycles. The molecule has 0 aliphatic rings. The summed E-state index contributed by atoms with van der Waals surface area (Å²) in [5, 5.41) is 8.90. The number of fused-ring (bicyclic) bond motifs is 1. The third-order valence-electron chi connectivity index (χ3n) is 5.61. The molecule has 0 aliphatic heterocycles. The molecule has 1 N–H and O–H groups in total. The Balaban J connectivity index is 1.43. The fourth-order valence-electron chi connectivity index (χ4n) is 3.78. The Morgan fingerprint density at radius 2 is 1.86 bits per heavy atom. The van der Waals surface area contributed by atoms with Gasteiger partial charge in [0.2, 0.25) is 17.7 Å². The maximum atomic E-state index is 13.1. The number of anilines is 2. The molecule has 0 unspecified atom stereocenters. The number of nitrogens with zero attached hydrogens (tertiary/aromatic N) is 6. The summed E-state index contributed by atoms with van der Waals surface area (Å²) in [6.07, 6.45) is 5.10. The number of nitrogens with one attached hydrogen (secondary N) is 1. The van der Waals surface area contributed by atoms with E-state index in [4.69, 9.17) is 27.9 Å². The molecule has 0 saturated heterocycles. The van der Waals surface area contributed by atoms with E-state index in [0.29, 0.717) is 55.6 Å². The number of hydrogen-bond donors (Lipinski definition) is 1. The third kappa shape index (κ3) is 4.50. The molecule has 0 bridgehead atoms. The van der Waals surface area contributed by atoms with Crippen molar-refractivity contribution < 1.29 is 4.74 Å². The number of benzene rings is 1. The van der Waals surface area contributed by atoms with Gasteiger partial charge >= 0.3 is 0 Å². The van der Waals surface area contributed by atoms with Gasteiger partial charge in [0.25, 0.3) is 5.56 Å². The van der Waals surface area contributed by atoms with E-state index < -0.39 is 0 Å². The van der Waals surface area contributed by atoms with Crippen LogP contribution in [0.4, 0.5) is 11.6 Å². The molecule has 36 heavy (non-hydrogen) atoms. The van der Waals surface area contributed by atoms with E-state index in [9.17, 15) is 4.79 Å². The van der Waals surface area contributed by atoms with Gasteiger partial charge in [-0.25, -0.2) is 9.97 Å². The van der Waals surface area contributed by atoms with Crippen LogP contribution < -0.4 is 15.6 Å². The summed E-state index contributed by atoms with van der Waals surface area (Å²) in [4.78, 5) is 26.5. The van der Waals surface area contributed by atoms with E-state index >= 15 is 0 Å². The Kier molecular flexibility index (Phi) is 6.34. The average molecular weight is 522 g/mol. The minimum absolute atomic E-state index is 0.272. The van der Waals surface area contributed by atoms with Gasteiger partial charge in [0.05, 0.1) is 27.5 Å². The topological polar surface area (TPSA) is 99.8 Å². The Morgan fingerprint density at radius 3 is 2.56 bits per heavy atom. The maximum absolute atomic E-state index is 13.1. The van der Waals surface area contributed by atoms with Crippen LogP contribution in [0.5, 0.6) is 11.8 Å². The number of pyridine rings is 2. The van der Waals surface area contributed by atoms with Crippen LogP contribution in [0.15, 0.2) is 59.8 Å². The van der Waals surface area contributed by atoms with Gasteiger partial charge in [-0.15, -0.1) is 5.10 Å². The quantitative estimate of drug-likeness (QED) is 0.303. The van der Waals surface area contributed by atoms with Crippen molar-refractivity contribution in [2.75, 3.05) is 5.32 Å². The van der Waals surface area contributed by atoms with E-state index in [1.807, 2.05) is 26.1 Å². The molecule has 0 spiro atoms. The second kappa shape index (κ2) is 9.60. The largest absolute Gasteiger partial charge is 0.419 e. The van der Waals surface area contributed by atoms with E-state index in [2.05, 4.69) is 25.4 Å². The molecular formula is C25H21Cl2N7O2.